The van der Waals surface area contributed by atoms with Crippen LogP contribution in [0, 0.1) is 0 Å². The molecule has 128 valence electrons. The van der Waals surface area contributed by atoms with Gasteiger partial charge >= 0.3 is 0 Å². The number of carbonyl (C=O) groups excluding carboxylic acids is 1. The maximum absolute atomic E-state index is 12.4. The Bertz CT molecular complexity index is 772. The van der Waals surface area contributed by atoms with Gasteiger partial charge in [0.2, 0.25) is 0 Å². The molecule has 5 nitrogen and oxygen atoms in total. The molecule has 1 amide bonds. The number of benzene rings is 2. The molecule has 2 N–H and O–H groups in total. The first-order valence-corrected chi connectivity index (χ1v) is 9.40. The Labute approximate surface area is 143 Å². The molecule has 0 aliphatic rings. The van der Waals surface area contributed by atoms with Gasteiger partial charge in [0.05, 0.1) is 10.6 Å². The highest BCUT2D eigenvalue weighted by molar-refractivity contribution is 7.90. The normalized spacial score (nSPS) is 12.6. The number of amides is 1. The van der Waals surface area contributed by atoms with Gasteiger partial charge in [-0.05, 0) is 43.8 Å². The average molecular weight is 346 g/mol. The van der Waals surface area contributed by atoms with Crippen molar-refractivity contribution >= 4 is 15.7 Å². The van der Waals surface area contributed by atoms with Gasteiger partial charge in [-0.1, -0.05) is 30.3 Å². The summed E-state index contributed by atoms with van der Waals surface area (Å²) in [7, 11) is -1.60. The van der Waals surface area contributed by atoms with Crippen molar-refractivity contribution in [3.63, 3.8) is 0 Å². The molecule has 6 heteroatoms. The zero-order valence-electron chi connectivity index (χ0n) is 13.8. The van der Waals surface area contributed by atoms with Crippen LogP contribution in [0.2, 0.25) is 0 Å². The molecule has 2 rings (SSSR count). The third-order valence-corrected chi connectivity index (χ3v) is 5.44. The highest BCUT2D eigenvalue weighted by Crippen LogP contribution is 2.17. The fourth-order valence-electron chi connectivity index (χ4n) is 2.14. The van der Waals surface area contributed by atoms with Crippen molar-refractivity contribution in [1.29, 1.82) is 0 Å². The van der Waals surface area contributed by atoms with Gasteiger partial charge in [0.25, 0.3) is 5.91 Å². The number of nitrogens with one attached hydrogen (secondary N) is 2. The molecule has 0 saturated heterocycles. The van der Waals surface area contributed by atoms with Crippen LogP contribution in [0.3, 0.4) is 0 Å². The second-order valence-electron chi connectivity index (χ2n) is 5.67. The fraction of sp³-hybridized carbons (Fsp3) is 0.278. The van der Waals surface area contributed by atoms with E-state index in [1.165, 1.54) is 24.3 Å². The van der Waals surface area contributed by atoms with Crippen molar-refractivity contribution in [3.05, 3.63) is 65.7 Å². The summed E-state index contributed by atoms with van der Waals surface area (Å²) < 4.78 is 24.9. The van der Waals surface area contributed by atoms with E-state index in [0.717, 1.165) is 5.56 Å². The Balaban J connectivity index is 2.07. The lowest BCUT2D eigenvalue weighted by Crippen LogP contribution is -2.37. The van der Waals surface area contributed by atoms with E-state index >= 15 is 0 Å². The lowest BCUT2D eigenvalue weighted by atomic mass is 10.2. The third-order valence-electron chi connectivity index (χ3n) is 3.74. The van der Waals surface area contributed by atoms with Gasteiger partial charge in [0, 0.05) is 18.2 Å². The van der Waals surface area contributed by atoms with Gasteiger partial charge < -0.3 is 10.6 Å². The van der Waals surface area contributed by atoms with E-state index in [1.807, 2.05) is 32.2 Å². The lowest BCUT2D eigenvalue weighted by Gasteiger charge is -2.11. The van der Waals surface area contributed by atoms with Crippen molar-refractivity contribution < 1.29 is 13.2 Å². The maximum Gasteiger partial charge on any atom is 0.251 e. The summed E-state index contributed by atoms with van der Waals surface area (Å²) in [5.74, 6) is -0.275. The summed E-state index contributed by atoms with van der Waals surface area (Å²) in [6.07, 6.45) is 0. The molecule has 0 fully saturated rings. The molecule has 1 unspecified atom stereocenters. The van der Waals surface area contributed by atoms with Gasteiger partial charge in [-0.15, -0.1) is 0 Å². The molecule has 0 spiro atoms. The predicted octanol–water partition coefficient (Wildman–Crippen LogP) is 2.00. The van der Waals surface area contributed by atoms with Crippen molar-refractivity contribution in [2.24, 2.45) is 0 Å². The summed E-state index contributed by atoms with van der Waals surface area (Å²) in [5.41, 5.74) is 1.18. The molecular formula is C18H22N2O3S. The van der Waals surface area contributed by atoms with E-state index < -0.39 is 9.84 Å². The second kappa shape index (κ2) is 8.08. The van der Waals surface area contributed by atoms with Crippen molar-refractivity contribution in [3.8, 4) is 0 Å². The topological polar surface area (TPSA) is 75.3 Å². The molecule has 0 heterocycles. The number of sulfone groups is 1. The van der Waals surface area contributed by atoms with Crippen molar-refractivity contribution in [1.82, 2.24) is 10.6 Å². The first-order valence-electron chi connectivity index (χ1n) is 7.74. The summed E-state index contributed by atoms with van der Waals surface area (Å²) >= 11 is 0. The minimum atomic E-state index is -3.43. The van der Waals surface area contributed by atoms with E-state index in [9.17, 15) is 13.2 Å². The van der Waals surface area contributed by atoms with Crippen LogP contribution < -0.4 is 10.6 Å². The Hall–Kier alpha value is -2.18. The van der Waals surface area contributed by atoms with Gasteiger partial charge in [-0.3, -0.25) is 4.79 Å². The van der Waals surface area contributed by atoms with Crippen LogP contribution in [0.4, 0.5) is 0 Å². The number of hydrogen-bond donors (Lipinski definition) is 2. The van der Waals surface area contributed by atoms with Gasteiger partial charge in [-0.25, -0.2) is 8.42 Å². The molecule has 0 aliphatic carbocycles. The standard InChI is InChI=1S/C18H22N2O3S/c1-14(19-2)12-20-18(21)16-8-10-17(11-9-16)24(22,23)13-15-6-4-3-5-7-15/h3-11,14,19H,12-13H2,1-2H3,(H,20,21). The van der Waals surface area contributed by atoms with Crippen LogP contribution >= 0.6 is 0 Å². The smallest absolute Gasteiger partial charge is 0.251 e. The van der Waals surface area contributed by atoms with Crippen LogP contribution in [-0.2, 0) is 15.6 Å². The SMILES string of the molecule is CNC(C)CNC(=O)c1ccc(S(=O)(=O)Cc2ccccc2)cc1. The zero-order valence-corrected chi connectivity index (χ0v) is 14.6. The first-order chi connectivity index (χ1) is 11.4. The largest absolute Gasteiger partial charge is 0.350 e. The van der Waals surface area contributed by atoms with E-state index in [4.69, 9.17) is 0 Å². The molecule has 2 aromatic carbocycles. The molecule has 0 radical (unpaired) electrons. The van der Waals surface area contributed by atoms with Crippen LogP contribution in [-0.4, -0.2) is 34.0 Å². The third kappa shape index (κ3) is 4.91. The fourth-order valence-corrected chi connectivity index (χ4v) is 3.49. The maximum atomic E-state index is 12.4. The molecule has 2 aromatic rings. The molecular weight excluding hydrogens is 324 g/mol. The quantitative estimate of drug-likeness (QED) is 0.804. The summed E-state index contributed by atoms with van der Waals surface area (Å²) in [4.78, 5) is 12.2. The number of hydrogen-bond acceptors (Lipinski definition) is 4. The van der Waals surface area contributed by atoms with Crippen LogP contribution in [0.5, 0.6) is 0 Å². The van der Waals surface area contributed by atoms with Gasteiger partial charge in [0.1, 0.15) is 0 Å². The van der Waals surface area contributed by atoms with E-state index in [-0.39, 0.29) is 22.6 Å². The van der Waals surface area contributed by atoms with Gasteiger partial charge in [0.15, 0.2) is 9.84 Å². The summed E-state index contributed by atoms with van der Waals surface area (Å²) in [5, 5.41) is 5.83. The monoisotopic (exact) mass is 346 g/mol. The Kier molecular flexibility index (Phi) is 6.11. The minimum absolute atomic E-state index is 0.0565. The van der Waals surface area contributed by atoms with Crippen LogP contribution in [0.15, 0.2) is 59.5 Å². The molecule has 24 heavy (non-hydrogen) atoms. The average Bonchev–Trinajstić information content (AvgIpc) is 2.60. The van der Waals surface area contributed by atoms with Crippen molar-refractivity contribution in [2.45, 2.75) is 23.6 Å². The molecule has 0 aromatic heterocycles. The van der Waals surface area contributed by atoms with Gasteiger partial charge in [-0.2, -0.15) is 0 Å². The molecule has 0 aliphatic heterocycles. The minimum Gasteiger partial charge on any atom is -0.350 e. The molecule has 0 bridgehead atoms. The Morgan fingerprint density at radius 3 is 2.25 bits per heavy atom. The second-order valence-corrected chi connectivity index (χ2v) is 7.66. The Morgan fingerprint density at radius 2 is 1.67 bits per heavy atom. The highest BCUT2D eigenvalue weighted by atomic mass is 32.2. The van der Waals surface area contributed by atoms with E-state index in [0.29, 0.717) is 12.1 Å². The zero-order chi connectivity index (χ0) is 17.6. The van der Waals surface area contributed by atoms with E-state index in [1.54, 1.807) is 12.1 Å². The van der Waals surface area contributed by atoms with Crippen LogP contribution in [0.1, 0.15) is 22.8 Å². The summed E-state index contributed by atoms with van der Waals surface area (Å²) in [6.45, 7) is 2.46. The number of carbonyl (C=O) groups is 1. The van der Waals surface area contributed by atoms with E-state index in [2.05, 4.69) is 10.6 Å². The molecule has 0 saturated carbocycles. The van der Waals surface area contributed by atoms with Crippen LogP contribution in [0.25, 0.3) is 0 Å². The number of likely N-dealkylation sites (N-methyl/N-ethyl adjacent to an activating group) is 1. The molecule has 1 atom stereocenters. The first kappa shape index (κ1) is 18.2. The highest BCUT2D eigenvalue weighted by Gasteiger charge is 2.16. The number of rotatable bonds is 7. The Morgan fingerprint density at radius 1 is 1.04 bits per heavy atom. The predicted molar refractivity (Wildman–Crippen MR) is 94.6 cm³/mol. The lowest BCUT2D eigenvalue weighted by molar-refractivity contribution is 0.0950. The summed E-state index contributed by atoms with van der Waals surface area (Å²) in [6, 6.07) is 15.2. The van der Waals surface area contributed by atoms with Crippen molar-refractivity contribution in [2.75, 3.05) is 13.6 Å².